The van der Waals surface area contributed by atoms with E-state index in [9.17, 15) is 4.79 Å². The molecule has 3 aromatic rings. The minimum absolute atomic E-state index is 0.0580. The summed E-state index contributed by atoms with van der Waals surface area (Å²) in [7, 11) is 0. The third-order valence-corrected chi connectivity index (χ3v) is 6.37. The van der Waals surface area contributed by atoms with E-state index in [1.165, 1.54) is 17.8 Å². The van der Waals surface area contributed by atoms with Crippen molar-refractivity contribution in [1.82, 2.24) is 4.90 Å². The predicted molar refractivity (Wildman–Crippen MR) is 126 cm³/mol. The van der Waals surface area contributed by atoms with Crippen molar-refractivity contribution in [2.45, 2.75) is 0 Å². The lowest BCUT2D eigenvalue weighted by Crippen LogP contribution is -2.37. The molecule has 2 aromatic carbocycles. The van der Waals surface area contributed by atoms with Crippen LogP contribution in [0.5, 0.6) is 0 Å². The van der Waals surface area contributed by atoms with Crippen molar-refractivity contribution >= 4 is 63.6 Å². The summed E-state index contributed by atoms with van der Waals surface area (Å²) in [6.45, 7) is 0. The summed E-state index contributed by atoms with van der Waals surface area (Å²) >= 11 is 13.4. The maximum atomic E-state index is 12.6. The summed E-state index contributed by atoms with van der Waals surface area (Å²) in [6.07, 6.45) is 1.54. The van der Waals surface area contributed by atoms with E-state index in [-0.39, 0.29) is 11.4 Å². The van der Waals surface area contributed by atoms with Gasteiger partial charge in [0.15, 0.2) is 5.17 Å². The summed E-state index contributed by atoms with van der Waals surface area (Å²) in [4.78, 5) is 18.5. The second-order valence-electron chi connectivity index (χ2n) is 6.76. The summed E-state index contributed by atoms with van der Waals surface area (Å²) in [6, 6.07) is 18.4. The Kier molecular flexibility index (Phi) is 5.06. The molecule has 0 fully saturated rings. The number of fused-ring (bicyclic) bond motifs is 1. The van der Waals surface area contributed by atoms with Gasteiger partial charge in [0.1, 0.15) is 17.4 Å². The molecule has 0 radical (unpaired) electrons. The molecule has 0 bridgehead atoms. The van der Waals surface area contributed by atoms with Gasteiger partial charge in [0.05, 0.1) is 21.3 Å². The Hall–Kier alpha value is -3.06. The lowest BCUT2D eigenvalue weighted by molar-refractivity contribution is -0.114. The fraction of sp³-hybridized carbons (Fsp3) is 0. The van der Waals surface area contributed by atoms with Gasteiger partial charge in [-0.3, -0.25) is 15.1 Å². The zero-order valence-electron chi connectivity index (χ0n) is 15.8. The SMILES string of the molecule is N=C1C(=Cc2ccc(-c3ccc(Cl)c(Cl)c3)o2)C(=O)N=C2SC=C(c3ccccc3)N12. The number of thioether (sulfide) groups is 1. The van der Waals surface area contributed by atoms with Crippen LogP contribution in [0.15, 0.2) is 81.1 Å². The molecule has 31 heavy (non-hydrogen) atoms. The van der Waals surface area contributed by atoms with Crippen LogP contribution in [0.1, 0.15) is 11.3 Å². The third-order valence-electron chi connectivity index (χ3n) is 4.80. The standard InChI is InChI=1S/C23H13Cl2N3O2S/c24-17-8-6-14(10-18(17)25)20-9-7-15(30-20)11-16-21(26)28-19(13-4-2-1-3-5-13)12-31-23(28)27-22(16)29/h1-12,26H. The molecule has 5 nitrogen and oxygen atoms in total. The number of benzene rings is 2. The zero-order chi connectivity index (χ0) is 21.5. The van der Waals surface area contributed by atoms with E-state index in [0.29, 0.717) is 26.7 Å². The van der Waals surface area contributed by atoms with Gasteiger partial charge in [-0.15, -0.1) is 0 Å². The maximum absolute atomic E-state index is 12.6. The van der Waals surface area contributed by atoms with Crippen LogP contribution >= 0.6 is 35.0 Å². The summed E-state index contributed by atoms with van der Waals surface area (Å²) < 4.78 is 5.87. The molecule has 0 atom stereocenters. The van der Waals surface area contributed by atoms with Crippen molar-refractivity contribution in [3.63, 3.8) is 0 Å². The lowest BCUT2D eigenvalue weighted by atomic mass is 10.1. The van der Waals surface area contributed by atoms with E-state index in [1.54, 1.807) is 35.2 Å². The Morgan fingerprint density at radius 1 is 1.00 bits per heavy atom. The number of amidine groups is 2. The maximum Gasteiger partial charge on any atom is 0.283 e. The van der Waals surface area contributed by atoms with Crippen LogP contribution in [0.25, 0.3) is 23.1 Å². The average Bonchev–Trinajstić information content (AvgIpc) is 3.41. The topological polar surface area (TPSA) is 69.7 Å². The molecule has 2 aliphatic heterocycles. The lowest BCUT2D eigenvalue weighted by Gasteiger charge is -2.26. The quantitative estimate of drug-likeness (QED) is 0.444. The van der Waals surface area contributed by atoms with Crippen LogP contribution < -0.4 is 0 Å². The molecule has 0 unspecified atom stereocenters. The van der Waals surface area contributed by atoms with Crippen molar-refractivity contribution in [2.24, 2.45) is 4.99 Å². The number of halogens is 2. The van der Waals surface area contributed by atoms with E-state index in [0.717, 1.165) is 16.8 Å². The number of amides is 1. The van der Waals surface area contributed by atoms with Crippen LogP contribution in [0.4, 0.5) is 0 Å². The predicted octanol–water partition coefficient (Wildman–Crippen LogP) is 6.56. The van der Waals surface area contributed by atoms with Gasteiger partial charge in [0, 0.05) is 11.0 Å². The third kappa shape index (κ3) is 3.63. The van der Waals surface area contributed by atoms with Gasteiger partial charge in [-0.25, -0.2) is 0 Å². The van der Waals surface area contributed by atoms with Gasteiger partial charge >= 0.3 is 0 Å². The van der Waals surface area contributed by atoms with Gasteiger partial charge in [-0.1, -0.05) is 65.3 Å². The molecule has 3 heterocycles. The molecule has 2 aliphatic rings. The van der Waals surface area contributed by atoms with Crippen molar-refractivity contribution in [3.8, 4) is 11.3 Å². The highest BCUT2D eigenvalue weighted by atomic mass is 35.5. The Labute approximate surface area is 192 Å². The molecule has 1 amide bonds. The Bertz CT molecular complexity index is 1330. The van der Waals surface area contributed by atoms with Gasteiger partial charge in [0.25, 0.3) is 5.91 Å². The van der Waals surface area contributed by atoms with Gasteiger partial charge in [-0.05, 0) is 42.0 Å². The molecular weight excluding hydrogens is 453 g/mol. The normalized spacial score (nSPS) is 17.1. The number of carbonyl (C=O) groups is 1. The monoisotopic (exact) mass is 465 g/mol. The van der Waals surface area contributed by atoms with Crippen LogP contribution in [-0.4, -0.2) is 21.8 Å². The van der Waals surface area contributed by atoms with Crippen LogP contribution in [0.3, 0.4) is 0 Å². The van der Waals surface area contributed by atoms with E-state index in [2.05, 4.69) is 4.99 Å². The number of nitrogens with zero attached hydrogens (tertiary/aromatic N) is 2. The molecule has 0 aliphatic carbocycles. The van der Waals surface area contributed by atoms with Crippen LogP contribution in [0.2, 0.25) is 10.0 Å². The van der Waals surface area contributed by atoms with E-state index < -0.39 is 5.91 Å². The number of aliphatic imine (C=N–C) groups is 1. The minimum Gasteiger partial charge on any atom is -0.457 e. The fourth-order valence-corrected chi connectivity index (χ4v) is 4.48. The number of hydrogen-bond acceptors (Lipinski definition) is 4. The smallest absolute Gasteiger partial charge is 0.283 e. The first-order valence-electron chi connectivity index (χ1n) is 9.22. The van der Waals surface area contributed by atoms with Gasteiger partial charge in [0.2, 0.25) is 0 Å². The molecule has 0 saturated carbocycles. The number of furan rings is 1. The fourth-order valence-electron chi connectivity index (χ4n) is 3.29. The Morgan fingerprint density at radius 2 is 1.81 bits per heavy atom. The van der Waals surface area contributed by atoms with E-state index in [1.807, 2.05) is 35.7 Å². The van der Waals surface area contributed by atoms with Crippen molar-refractivity contribution in [1.29, 1.82) is 5.41 Å². The van der Waals surface area contributed by atoms with Crippen molar-refractivity contribution < 1.29 is 9.21 Å². The number of hydrogen-bond donors (Lipinski definition) is 1. The van der Waals surface area contributed by atoms with E-state index in [4.69, 9.17) is 33.0 Å². The second kappa shape index (κ2) is 7.89. The summed E-state index contributed by atoms with van der Waals surface area (Å²) in [5.41, 5.74) is 2.67. The molecule has 5 rings (SSSR count). The highest BCUT2D eigenvalue weighted by Gasteiger charge is 2.36. The molecular formula is C23H13Cl2N3O2S. The van der Waals surface area contributed by atoms with Crippen LogP contribution in [0, 0.1) is 5.41 Å². The van der Waals surface area contributed by atoms with Gasteiger partial charge < -0.3 is 4.42 Å². The van der Waals surface area contributed by atoms with Gasteiger partial charge in [-0.2, -0.15) is 4.99 Å². The number of rotatable bonds is 3. The highest BCUT2D eigenvalue weighted by Crippen LogP contribution is 2.37. The molecule has 1 N–H and O–H groups in total. The molecule has 8 heteroatoms. The average molecular weight is 466 g/mol. The minimum atomic E-state index is -0.473. The molecule has 152 valence electrons. The van der Waals surface area contributed by atoms with Crippen molar-refractivity contribution in [2.75, 3.05) is 0 Å². The number of carbonyl (C=O) groups excluding carboxylic acids is 1. The highest BCUT2D eigenvalue weighted by molar-refractivity contribution is 8.17. The summed E-state index contributed by atoms with van der Waals surface area (Å²) in [5.74, 6) is 0.595. The van der Waals surface area contributed by atoms with Crippen molar-refractivity contribution in [3.05, 3.63) is 93.0 Å². The Balaban J connectivity index is 1.48. The molecule has 1 aromatic heterocycles. The second-order valence-corrected chi connectivity index (χ2v) is 8.41. The first kappa shape index (κ1) is 19.9. The number of nitrogens with one attached hydrogen (secondary N) is 1. The first-order valence-corrected chi connectivity index (χ1v) is 10.9. The van der Waals surface area contributed by atoms with E-state index >= 15 is 0 Å². The Morgan fingerprint density at radius 3 is 2.58 bits per heavy atom. The molecule has 0 saturated heterocycles. The summed E-state index contributed by atoms with van der Waals surface area (Å²) in [5, 5.41) is 11.9. The largest absolute Gasteiger partial charge is 0.457 e. The first-order chi connectivity index (χ1) is 15.0. The zero-order valence-corrected chi connectivity index (χ0v) is 18.1. The molecule has 0 spiro atoms. The van der Waals surface area contributed by atoms with Crippen LogP contribution in [-0.2, 0) is 4.79 Å².